The third kappa shape index (κ3) is 4.36. The van der Waals surface area contributed by atoms with Gasteiger partial charge in [0.2, 0.25) is 0 Å². The second kappa shape index (κ2) is 7.65. The van der Waals surface area contributed by atoms with Crippen LogP contribution >= 0.6 is 0 Å². The van der Waals surface area contributed by atoms with Gasteiger partial charge in [-0.2, -0.15) is 0 Å². The first kappa shape index (κ1) is 17.4. The van der Waals surface area contributed by atoms with Crippen LogP contribution in [0.15, 0.2) is 28.8 Å². The second-order valence-electron chi connectivity index (χ2n) is 6.36. The molecular formula is C18H22FN3O3. The van der Waals surface area contributed by atoms with Gasteiger partial charge >= 0.3 is 0 Å². The summed E-state index contributed by atoms with van der Waals surface area (Å²) in [5.41, 5.74) is 0.808. The van der Waals surface area contributed by atoms with Gasteiger partial charge in [-0.15, -0.1) is 0 Å². The van der Waals surface area contributed by atoms with Crippen molar-refractivity contribution in [2.45, 2.75) is 32.4 Å². The Balaban J connectivity index is 1.65. The number of nitrogens with zero attached hydrogens (tertiary/aromatic N) is 2. The highest BCUT2D eigenvalue weighted by atomic mass is 19.1. The molecule has 0 bridgehead atoms. The number of nitrogens with one attached hydrogen (secondary N) is 1. The summed E-state index contributed by atoms with van der Waals surface area (Å²) < 4.78 is 24.0. The molecule has 2 aromatic rings. The van der Waals surface area contributed by atoms with Crippen LogP contribution < -0.4 is 10.1 Å². The topological polar surface area (TPSA) is 67.6 Å². The molecule has 6 nitrogen and oxygen atoms in total. The molecule has 25 heavy (non-hydrogen) atoms. The van der Waals surface area contributed by atoms with E-state index in [0.29, 0.717) is 17.1 Å². The fraction of sp³-hybridized carbons (Fsp3) is 0.444. The molecule has 7 heteroatoms. The van der Waals surface area contributed by atoms with E-state index in [9.17, 15) is 9.18 Å². The Bertz CT molecular complexity index is 739. The maximum atomic E-state index is 13.2. The fourth-order valence-electron chi connectivity index (χ4n) is 2.86. The first-order chi connectivity index (χ1) is 12.0. The Morgan fingerprint density at radius 2 is 2.20 bits per heavy atom. The molecule has 0 unspecified atom stereocenters. The van der Waals surface area contributed by atoms with Crippen molar-refractivity contribution in [3.05, 3.63) is 47.1 Å². The van der Waals surface area contributed by atoms with Gasteiger partial charge in [0, 0.05) is 12.1 Å². The quantitative estimate of drug-likeness (QED) is 0.900. The van der Waals surface area contributed by atoms with E-state index in [4.69, 9.17) is 9.26 Å². The van der Waals surface area contributed by atoms with Crippen molar-refractivity contribution in [3.8, 4) is 5.75 Å². The molecular weight excluding hydrogens is 325 g/mol. The molecule has 1 aromatic heterocycles. The molecule has 0 aliphatic carbocycles. The molecule has 1 amide bonds. The minimum atomic E-state index is -0.375. The Kier molecular flexibility index (Phi) is 5.33. The Morgan fingerprint density at radius 3 is 2.92 bits per heavy atom. The molecule has 1 saturated heterocycles. The van der Waals surface area contributed by atoms with Crippen LogP contribution in [0.25, 0.3) is 0 Å². The highest BCUT2D eigenvalue weighted by Crippen LogP contribution is 2.19. The fourth-order valence-corrected chi connectivity index (χ4v) is 2.86. The summed E-state index contributed by atoms with van der Waals surface area (Å²) in [4.78, 5) is 14.8. The van der Waals surface area contributed by atoms with Gasteiger partial charge in [0.05, 0.1) is 5.56 Å². The van der Waals surface area contributed by atoms with E-state index in [0.717, 1.165) is 25.9 Å². The van der Waals surface area contributed by atoms with Gasteiger partial charge in [0.1, 0.15) is 23.9 Å². The first-order valence-electron chi connectivity index (χ1n) is 8.36. The number of amides is 1. The summed E-state index contributed by atoms with van der Waals surface area (Å²) in [5.74, 6) is 0.274. The Hall–Kier alpha value is -2.41. The van der Waals surface area contributed by atoms with Gasteiger partial charge in [0.25, 0.3) is 5.91 Å². The van der Waals surface area contributed by atoms with Crippen LogP contribution in [0.5, 0.6) is 5.75 Å². The Morgan fingerprint density at radius 1 is 1.44 bits per heavy atom. The summed E-state index contributed by atoms with van der Waals surface area (Å²) in [6.45, 7) is 3.73. The van der Waals surface area contributed by atoms with E-state index in [2.05, 4.69) is 22.4 Å². The maximum Gasteiger partial charge on any atom is 0.274 e. The number of carbonyl (C=O) groups is 1. The van der Waals surface area contributed by atoms with Crippen LogP contribution in [0.3, 0.4) is 0 Å². The van der Waals surface area contributed by atoms with Gasteiger partial charge in [-0.25, -0.2) is 4.39 Å². The first-order valence-corrected chi connectivity index (χ1v) is 8.36. The van der Waals surface area contributed by atoms with Gasteiger partial charge in [-0.1, -0.05) is 11.2 Å². The molecule has 2 heterocycles. The van der Waals surface area contributed by atoms with Crippen molar-refractivity contribution in [2.24, 2.45) is 0 Å². The van der Waals surface area contributed by atoms with Crippen molar-refractivity contribution in [1.29, 1.82) is 0 Å². The van der Waals surface area contributed by atoms with Gasteiger partial charge in [0.15, 0.2) is 5.69 Å². The number of aromatic nitrogens is 1. The molecule has 134 valence electrons. The number of ether oxygens (including phenoxy) is 1. The van der Waals surface area contributed by atoms with Gasteiger partial charge in [-0.05, 0) is 52.0 Å². The number of hydrogen-bond acceptors (Lipinski definition) is 5. The molecule has 0 saturated carbocycles. The molecule has 1 aromatic carbocycles. The zero-order valence-electron chi connectivity index (χ0n) is 14.4. The van der Waals surface area contributed by atoms with E-state index < -0.39 is 0 Å². The van der Waals surface area contributed by atoms with E-state index >= 15 is 0 Å². The third-order valence-corrected chi connectivity index (χ3v) is 4.43. The van der Waals surface area contributed by atoms with Crippen LogP contribution in [0.2, 0.25) is 0 Å². The van der Waals surface area contributed by atoms with Crippen LogP contribution in [-0.2, 0) is 6.61 Å². The number of piperidine rings is 1. The molecule has 1 aliphatic heterocycles. The number of hydrogen-bond donors (Lipinski definition) is 1. The van der Waals surface area contributed by atoms with Crippen molar-refractivity contribution in [3.63, 3.8) is 0 Å². The van der Waals surface area contributed by atoms with E-state index in [1.165, 1.54) is 12.1 Å². The van der Waals surface area contributed by atoms with Crippen molar-refractivity contribution >= 4 is 5.91 Å². The molecule has 0 spiro atoms. The highest BCUT2D eigenvalue weighted by molar-refractivity contribution is 5.94. The Labute approximate surface area is 145 Å². The van der Waals surface area contributed by atoms with E-state index in [1.54, 1.807) is 19.1 Å². The average Bonchev–Trinajstić information content (AvgIpc) is 2.96. The lowest BCUT2D eigenvalue weighted by Gasteiger charge is -2.29. The van der Waals surface area contributed by atoms with Gasteiger partial charge in [-0.3, -0.25) is 4.79 Å². The molecule has 1 N–H and O–H groups in total. The maximum absolute atomic E-state index is 13.2. The van der Waals surface area contributed by atoms with Crippen LogP contribution in [-0.4, -0.2) is 42.1 Å². The molecule has 0 atom stereocenters. The summed E-state index contributed by atoms with van der Waals surface area (Å²) in [7, 11) is 2.07. The highest BCUT2D eigenvalue weighted by Gasteiger charge is 2.24. The summed E-state index contributed by atoms with van der Waals surface area (Å²) in [6, 6.07) is 6.00. The van der Waals surface area contributed by atoms with Crippen LogP contribution in [0.4, 0.5) is 4.39 Å². The number of likely N-dealkylation sites (tertiary alicyclic amines) is 1. The van der Waals surface area contributed by atoms with Crippen molar-refractivity contribution < 1.29 is 18.4 Å². The number of benzene rings is 1. The van der Waals surface area contributed by atoms with Crippen LogP contribution in [0.1, 0.15) is 34.7 Å². The zero-order valence-corrected chi connectivity index (χ0v) is 14.4. The van der Waals surface area contributed by atoms with E-state index in [1.807, 2.05) is 0 Å². The van der Waals surface area contributed by atoms with Crippen molar-refractivity contribution in [1.82, 2.24) is 15.4 Å². The minimum absolute atomic E-state index is 0.0922. The number of halogens is 1. The molecule has 1 aliphatic rings. The molecule has 0 radical (unpaired) electrons. The average molecular weight is 347 g/mol. The third-order valence-electron chi connectivity index (χ3n) is 4.43. The predicted molar refractivity (Wildman–Crippen MR) is 90.0 cm³/mol. The lowest BCUT2D eigenvalue weighted by molar-refractivity contribution is 0.0905. The normalized spacial score (nSPS) is 16.0. The SMILES string of the molecule is Cc1onc(C(=O)NC2CCN(C)CC2)c1COc1cccc(F)c1. The standard InChI is InChI=1S/C18H22FN3O3/c1-12-16(11-24-15-5-3-4-13(19)10-15)17(21-25-12)18(23)20-14-6-8-22(2)9-7-14/h3-5,10,14H,6-9,11H2,1-2H3,(H,20,23). The summed E-state index contributed by atoms with van der Waals surface area (Å²) >= 11 is 0. The predicted octanol–water partition coefficient (Wildman–Crippen LogP) is 2.53. The van der Waals surface area contributed by atoms with Crippen LogP contribution in [0, 0.1) is 12.7 Å². The molecule has 3 rings (SSSR count). The lowest BCUT2D eigenvalue weighted by Crippen LogP contribution is -2.43. The number of carbonyl (C=O) groups excluding carboxylic acids is 1. The largest absolute Gasteiger partial charge is 0.489 e. The second-order valence-corrected chi connectivity index (χ2v) is 6.36. The number of aryl methyl sites for hydroxylation is 1. The van der Waals surface area contributed by atoms with Gasteiger partial charge < -0.3 is 19.5 Å². The summed E-state index contributed by atoms with van der Waals surface area (Å²) in [6.07, 6.45) is 1.82. The minimum Gasteiger partial charge on any atom is -0.489 e. The van der Waals surface area contributed by atoms with E-state index in [-0.39, 0.29) is 30.1 Å². The smallest absolute Gasteiger partial charge is 0.274 e. The monoisotopic (exact) mass is 347 g/mol. The lowest BCUT2D eigenvalue weighted by atomic mass is 10.1. The zero-order chi connectivity index (χ0) is 17.8. The molecule has 1 fully saturated rings. The summed E-state index contributed by atoms with van der Waals surface area (Å²) in [5, 5.41) is 6.89. The van der Waals surface area contributed by atoms with Crippen molar-refractivity contribution in [2.75, 3.05) is 20.1 Å². The number of rotatable bonds is 5.